The molecule has 2 rings (SSSR count). The highest BCUT2D eigenvalue weighted by Crippen LogP contribution is 2.16. The summed E-state index contributed by atoms with van der Waals surface area (Å²) < 4.78 is 10.9. The summed E-state index contributed by atoms with van der Waals surface area (Å²) in [6, 6.07) is 11.6. The van der Waals surface area contributed by atoms with Crippen LogP contribution in [0.15, 0.2) is 47.1 Å². The first-order chi connectivity index (χ1) is 9.72. The van der Waals surface area contributed by atoms with E-state index in [0.717, 1.165) is 11.1 Å². The van der Waals surface area contributed by atoms with Crippen LogP contribution in [0.2, 0.25) is 0 Å². The molecule has 20 heavy (non-hydrogen) atoms. The molecule has 1 atom stereocenters. The second-order valence-corrected chi connectivity index (χ2v) is 4.50. The number of nitrogens with one attached hydrogen (secondary N) is 1. The van der Waals surface area contributed by atoms with Gasteiger partial charge in [0.25, 0.3) is 5.91 Å². The molecule has 1 aromatic heterocycles. The van der Waals surface area contributed by atoms with Crippen LogP contribution in [-0.4, -0.2) is 19.1 Å². The van der Waals surface area contributed by atoms with Gasteiger partial charge in [-0.3, -0.25) is 4.79 Å². The Kier molecular flexibility index (Phi) is 4.96. The van der Waals surface area contributed by atoms with Gasteiger partial charge in [-0.25, -0.2) is 0 Å². The topological polar surface area (TPSA) is 51.5 Å². The molecule has 1 heterocycles. The molecule has 0 fully saturated rings. The Bertz CT molecular complexity index is 548. The number of carbonyl (C=O) groups excluding carboxylic acids is 1. The lowest BCUT2D eigenvalue weighted by Crippen LogP contribution is -2.29. The maximum atomic E-state index is 12.0. The average molecular weight is 273 g/mol. The van der Waals surface area contributed by atoms with E-state index in [4.69, 9.17) is 9.15 Å². The molecule has 0 radical (unpaired) electrons. The molecule has 0 saturated heterocycles. The SMILES string of the molecule is CCO[C@H](CNC(=O)c1occc1C)c1ccccc1. The second kappa shape index (κ2) is 6.91. The number of amides is 1. The Balaban J connectivity index is 1.99. The van der Waals surface area contributed by atoms with Crippen molar-refractivity contribution in [2.45, 2.75) is 20.0 Å². The number of furan rings is 1. The summed E-state index contributed by atoms with van der Waals surface area (Å²) in [5.74, 6) is 0.140. The molecule has 2 aromatic rings. The molecule has 0 unspecified atom stereocenters. The third kappa shape index (κ3) is 3.48. The molecular formula is C16H19NO3. The van der Waals surface area contributed by atoms with Gasteiger partial charge in [-0.1, -0.05) is 30.3 Å². The van der Waals surface area contributed by atoms with Crippen molar-refractivity contribution in [1.29, 1.82) is 0 Å². The van der Waals surface area contributed by atoms with Gasteiger partial charge in [0.15, 0.2) is 5.76 Å². The number of hydrogen-bond donors (Lipinski definition) is 1. The van der Waals surface area contributed by atoms with Crippen LogP contribution in [0.3, 0.4) is 0 Å². The van der Waals surface area contributed by atoms with Crippen molar-refractivity contribution >= 4 is 5.91 Å². The summed E-state index contributed by atoms with van der Waals surface area (Å²) in [5.41, 5.74) is 1.88. The van der Waals surface area contributed by atoms with E-state index in [9.17, 15) is 4.79 Å². The third-order valence-corrected chi connectivity index (χ3v) is 3.06. The van der Waals surface area contributed by atoms with E-state index < -0.39 is 0 Å². The molecule has 0 aliphatic heterocycles. The number of ether oxygens (including phenoxy) is 1. The number of rotatable bonds is 6. The van der Waals surface area contributed by atoms with Gasteiger partial charge >= 0.3 is 0 Å². The van der Waals surface area contributed by atoms with E-state index >= 15 is 0 Å². The van der Waals surface area contributed by atoms with Gasteiger partial charge in [0.2, 0.25) is 0 Å². The average Bonchev–Trinajstić information content (AvgIpc) is 2.90. The second-order valence-electron chi connectivity index (χ2n) is 4.50. The zero-order valence-corrected chi connectivity index (χ0v) is 11.8. The van der Waals surface area contributed by atoms with Crippen LogP contribution in [0.25, 0.3) is 0 Å². The highest BCUT2D eigenvalue weighted by atomic mass is 16.5. The first kappa shape index (κ1) is 14.3. The number of hydrogen-bond acceptors (Lipinski definition) is 3. The molecule has 1 aromatic carbocycles. The van der Waals surface area contributed by atoms with Crippen LogP contribution >= 0.6 is 0 Å². The van der Waals surface area contributed by atoms with Gasteiger partial charge in [0, 0.05) is 18.7 Å². The molecular weight excluding hydrogens is 254 g/mol. The lowest BCUT2D eigenvalue weighted by atomic mass is 10.1. The standard InChI is InChI=1S/C16H19NO3/c1-3-19-14(13-7-5-4-6-8-13)11-17-16(18)15-12(2)9-10-20-15/h4-10,14H,3,11H2,1-2H3,(H,17,18)/t14-/m1/s1. The van der Waals surface area contributed by atoms with Crippen molar-refractivity contribution < 1.29 is 13.9 Å². The predicted molar refractivity (Wildman–Crippen MR) is 76.6 cm³/mol. The Morgan fingerprint density at radius 1 is 1.30 bits per heavy atom. The smallest absolute Gasteiger partial charge is 0.287 e. The van der Waals surface area contributed by atoms with Gasteiger partial charge in [-0.2, -0.15) is 0 Å². The fourth-order valence-corrected chi connectivity index (χ4v) is 2.01. The van der Waals surface area contributed by atoms with Gasteiger partial charge in [-0.05, 0) is 25.5 Å². The number of carbonyl (C=O) groups is 1. The van der Waals surface area contributed by atoms with Crippen LogP contribution in [0, 0.1) is 6.92 Å². The van der Waals surface area contributed by atoms with E-state index in [1.807, 2.05) is 44.2 Å². The Morgan fingerprint density at radius 3 is 2.65 bits per heavy atom. The summed E-state index contributed by atoms with van der Waals surface area (Å²) in [5, 5.41) is 2.85. The minimum absolute atomic E-state index is 0.152. The molecule has 0 aliphatic rings. The van der Waals surface area contributed by atoms with Gasteiger partial charge in [0.1, 0.15) is 0 Å². The summed E-state index contributed by atoms with van der Waals surface area (Å²) >= 11 is 0. The molecule has 4 heteroatoms. The normalized spacial score (nSPS) is 12.1. The maximum absolute atomic E-state index is 12.0. The minimum Gasteiger partial charge on any atom is -0.459 e. The zero-order chi connectivity index (χ0) is 14.4. The van der Waals surface area contributed by atoms with E-state index in [0.29, 0.717) is 18.9 Å². The van der Waals surface area contributed by atoms with Crippen molar-refractivity contribution in [3.05, 3.63) is 59.5 Å². The van der Waals surface area contributed by atoms with E-state index in [2.05, 4.69) is 5.32 Å². The first-order valence-corrected chi connectivity index (χ1v) is 6.71. The van der Waals surface area contributed by atoms with Crippen LogP contribution in [-0.2, 0) is 4.74 Å². The van der Waals surface area contributed by atoms with Crippen LogP contribution in [0.5, 0.6) is 0 Å². The Hall–Kier alpha value is -2.07. The largest absolute Gasteiger partial charge is 0.459 e. The molecule has 0 bridgehead atoms. The van der Waals surface area contributed by atoms with Crippen LogP contribution < -0.4 is 5.32 Å². The van der Waals surface area contributed by atoms with E-state index in [1.54, 1.807) is 6.07 Å². The van der Waals surface area contributed by atoms with Gasteiger partial charge in [0.05, 0.1) is 12.4 Å². The number of benzene rings is 1. The summed E-state index contributed by atoms with van der Waals surface area (Å²) in [4.78, 5) is 12.0. The van der Waals surface area contributed by atoms with Crippen LogP contribution in [0.4, 0.5) is 0 Å². The lowest BCUT2D eigenvalue weighted by molar-refractivity contribution is 0.0579. The van der Waals surface area contributed by atoms with Crippen LogP contribution in [0.1, 0.15) is 34.7 Å². The van der Waals surface area contributed by atoms with E-state index in [1.165, 1.54) is 6.26 Å². The molecule has 106 valence electrons. The van der Waals surface area contributed by atoms with Crippen molar-refractivity contribution in [2.24, 2.45) is 0 Å². The molecule has 0 aliphatic carbocycles. The molecule has 0 saturated carbocycles. The molecule has 0 spiro atoms. The minimum atomic E-state index is -0.215. The first-order valence-electron chi connectivity index (χ1n) is 6.71. The van der Waals surface area contributed by atoms with Crippen molar-refractivity contribution in [2.75, 3.05) is 13.2 Å². The summed E-state index contributed by atoms with van der Waals surface area (Å²) in [6.45, 7) is 4.79. The fraction of sp³-hybridized carbons (Fsp3) is 0.312. The molecule has 1 amide bonds. The van der Waals surface area contributed by atoms with Gasteiger partial charge in [-0.15, -0.1) is 0 Å². The van der Waals surface area contributed by atoms with Crippen molar-refractivity contribution in [3.63, 3.8) is 0 Å². The summed E-state index contributed by atoms with van der Waals surface area (Å²) in [6.07, 6.45) is 1.36. The van der Waals surface area contributed by atoms with Crippen molar-refractivity contribution in [1.82, 2.24) is 5.32 Å². The Labute approximate surface area is 118 Å². The fourth-order valence-electron chi connectivity index (χ4n) is 2.01. The predicted octanol–water partition coefficient (Wildman–Crippen LogP) is 3.10. The maximum Gasteiger partial charge on any atom is 0.287 e. The highest BCUT2D eigenvalue weighted by molar-refractivity contribution is 5.92. The van der Waals surface area contributed by atoms with Crippen molar-refractivity contribution in [3.8, 4) is 0 Å². The van der Waals surface area contributed by atoms with Gasteiger partial charge < -0.3 is 14.5 Å². The zero-order valence-electron chi connectivity index (χ0n) is 11.8. The highest BCUT2D eigenvalue weighted by Gasteiger charge is 2.16. The van der Waals surface area contributed by atoms with E-state index in [-0.39, 0.29) is 12.0 Å². The molecule has 4 nitrogen and oxygen atoms in total. The lowest BCUT2D eigenvalue weighted by Gasteiger charge is -2.17. The molecule has 1 N–H and O–H groups in total. The third-order valence-electron chi connectivity index (χ3n) is 3.06. The Morgan fingerprint density at radius 2 is 2.05 bits per heavy atom. The number of aryl methyl sites for hydroxylation is 1. The monoisotopic (exact) mass is 273 g/mol. The summed E-state index contributed by atoms with van der Waals surface area (Å²) in [7, 11) is 0. The quantitative estimate of drug-likeness (QED) is 0.880.